The Kier molecular flexibility index (Phi) is 3.03. The van der Waals surface area contributed by atoms with Crippen molar-refractivity contribution in [2.24, 2.45) is 17.3 Å². The predicted octanol–water partition coefficient (Wildman–Crippen LogP) is 1.22. The lowest BCUT2D eigenvalue weighted by Gasteiger charge is -2.28. The summed E-state index contributed by atoms with van der Waals surface area (Å²) in [6.45, 7) is 2.24. The van der Waals surface area contributed by atoms with Crippen LogP contribution in [0.25, 0.3) is 0 Å². The second kappa shape index (κ2) is 5.37. The van der Waals surface area contributed by atoms with Crippen LogP contribution in [-0.4, -0.2) is 46.9 Å². The van der Waals surface area contributed by atoms with Gasteiger partial charge >= 0.3 is 0 Å². The largest absolute Gasteiger partial charge is 0.373 e. The van der Waals surface area contributed by atoms with Crippen molar-refractivity contribution in [2.45, 2.75) is 31.5 Å². The number of para-hydroxylation sites is 1. The highest BCUT2D eigenvalue weighted by Crippen LogP contribution is 2.82. The van der Waals surface area contributed by atoms with Gasteiger partial charge in [-0.2, -0.15) is 0 Å². The molecule has 5 heterocycles. The number of piperidine rings is 1. The predicted molar refractivity (Wildman–Crippen MR) is 109 cm³/mol. The van der Waals surface area contributed by atoms with Gasteiger partial charge in [-0.25, -0.2) is 4.98 Å². The van der Waals surface area contributed by atoms with Crippen LogP contribution in [0.4, 0.5) is 10.8 Å². The Morgan fingerprint density at radius 2 is 2.21 bits per heavy atom. The lowest BCUT2D eigenvalue weighted by Crippen LogP contribution is -2.44. The molecule has 2 saturated carbocycles. The zero-order valence-corrected chi connectivity index (χ0v) is 16.6. The number of hydrogen-bond donors (Lipinski definition) is 3. The van der Waals surface area contributed by atoms with Gasteiger partial charge < -0.3 is 20.9 Å². The van der Waals surface area contributed by atoms with Crippen molar-refractivity contribution in [3.63, 3.8) is 0 Å². The van der Waals surface area contributed by atoms with Crippen molar-refractivity contribution in [3.05, 3.63) is 40.4 Å². The number of hydrogen-bond acceptors (Lipinski definition) is 6. The van der Waals surface area contributed by atoms with Crippen LogP contribution in [0, 0.1) is 17.3 Å². The molecule has 29 heavy (non-hydrogen) atoms. The van der Waals surface area contributed by atoms with E-state index < -0.39 is 0 Å². The Labute approximate surface area is 171 Å². The Morgan fingerprint density at radius 1 is 1.31 bits per heavy atom. The molecule has 0 spiro atoms. The van der Waals surface area contributed by atoms with Crippen molar-refractivity contribution in [1.82, 2.24) is 15.2 Å². The Balaban J connectivity index is 1.04. The molecule has 0 radical (unpaired) electrons. The standard InChI is InChI=1S/C21H21N5O2S/c27-18(14-7-10-3-1-2-4-12(10)23-14)26-6-5-13-15(9-26)29-20(24-13)25-19(28)21-11-8-22-17(21)16(11)21/h1-4,11,14,16-17,22-23H,5-9H2,(H,24,25,28)/t11-,14?,16-,17?,21+/m1/s1. The third-order valence-corrected chi connectivity index (χ3v) is 8.54. The Morgan fingerprint density at radius 3 is 3.00 bits per heavy atom. The molecular weight excluding hydrogens is 386 g/mol. The van der Waals surface area contributed by atoms with E-state index in [2.05, 4.69) is 27.0 Å². The first kappa shape index (κ1) is 16.4. The minimum atomic E-state index is -0.190. The highest BCUT2D eigenvalue weighted by Gasteiger charge is 2.93. The van der Waals surface area contributed by atoms with Crippen LogP contribution >= 0.6 is 11.3 Å². The van der Waals surface area contributed by atoms with Gasteiger partial charge in [0.1, 0.15) is 6.04 Å². The molecular formula is C21H21N5O2S. The van der Waals surface area contributed by atoms with Crippen LogP contribution < -0.4 is 16.0 Å². The molecule has 5 atom stereocenters. The second-order valence-corrected chi connectivity index (χ2v) is 9.95. The molecule has 1 aromatic heterocycles. The number of anilines is 2. The van der Waals surface area contributed by atoms with Gasteiger partial charge in [-0.15, -0.1) is 0 Å². The average Bonchev–Trinajstić information content (AvgIpc) is 3.20. The monoisotopic (exact) mass is 407 g/mol. The quantitative estimate of drug-likeness (QED) is 0.712. The number of nitrogens with zero attached hydrogens (tertiary/aromatic N) is 2. The molecule has 1 aromatic carbocycles. The summed E-state index contributed by atoms with van der Waals surface area (Å²) in [5.41, 5.74) is 3.16. The topological polar surface area (TPSA) is 86.4 Å². The number of carbonyl (C=O) groups excluding carboxylic acids is 2. The van der Waals surface area contributed by atoms with Gasteiger partial charge in [0.25, 0.3) is 0 Å². The Bertz CT molecular complexity index is 1030. The molecule has 3 N–H and O–H groups in total. The van der Waals surface area contributed by atoms with E-state index in [1.165, 1.54) is 16.9 Å². The smallest absolute Gasteiger partial charge is 0.245 e. The van der Waals surface area contributed by atoms with E-state index >= 15 is 0 Å². The number of carbonyl (C=O) groups is 2. The van der Waals surface area contributed by atoms with Gasteiger partial charge in [0, 0.05) is 36.0 Å². The number of amides is 2. The highest BCUT2D eigenvalue weighted by atomic mass is 32.1. The molecule has 6 aliphatic rings. The van der Waals surface area contributed by atoms with Crippen LogP contribution in [0.1, 0.15) is 16.1 Å². The van der Waals surface area contributed by atoms with Gasteiger partial charge in [0.15, 0.2) is 5.13 Å². The van der Waals surface area contributed by atoms with Crippen molar-refractivity contribution in [3.8, 4) is 0 Å². The Hall–Kier alpha value is -2.45. The minimum Gasteiger partial charge on any atom is -0.373 e. The van der Waals surface area contributed by atoms with E-state index in [1.807, 2.05) is 23.1 Å². The van der Waals surface area contributed by atoms with Crippen LogP contribution in [0.15, 0.2) is 24.3 Å². The van der Waals surface area contributed by atoms with Gasteiger partial charge in [0.05, 0.1) is 17.7 Å². The molecule has 2 aliphatic carbocycles. The first-order valence-corrected chi connectivity index (χ1v) is 11.1. The molecule has 2 bridgehead atoms. The first-order chi connectivity index (χ1) is 14.2. The number of aromatic nitrogens is 1. The second-order valence-electron chi connectivity index (χ2n) is 8.86. The number of fused-ring (bicyclic) bond motifs is 3. The summed E-state index contributed by atoms with van der Waals surface area (Å²) < 4.78 is 0. The number of rotatable bonds is 3. The average molecular weight is 407 g/mol. The van der Waals surface area contributed by atoms with Gasteiger partial charge in [-0.05, 0) is 30.0 Å². The molecule has 4 aliphatic heterocycles. The lowest BCUT2D eigenvalue weighted by molar-refractivity contribution is -0.132. The molecule has 8 heteroatoms. The molecule has 148 valence electrons. The number of thiazole rings is 1. The maximum atomic E-state index is 13.1. The van der Waals surface area contributed by atoms with Crippen LogP contribution in [0.5, 0.6) is 0 Å². The third kappa shape index (κ3) is 2.08. The fraction of sp³-hybridized carbons (Fsp3) is 0.476. The fourth-order valence-electron chi connectivity index (χ4n) is 5.91. The molecule has 2 aromatic rings. The number of nitrogens with one attached hydrogen (secondary N) is 3. The van der Waals surface area contributed by atoms with E-state index in [0.717, 1.165) is 35.6 Å². The summed E-state index contributed by atoms with van der Waals surface area (Å²) >= 11 is 1.52. The SMILES string of the molecule is O=C(C1Cc2ccccc2N1)N1CCc2nc(NC(=O)[C@@]34C5NC[C@@H]3[C@H]54)sc2C1. The van der Waals surface area contributed by atoms with Gasteiger partial charge in [-0.1, -0.05) is 29.5 Å². The molecule has 8 rings (SSSR count). The molecule has 2 saturated heterocycles. The molecule has 4 fully saturated rings. The van der Waals surface area contributed by atoms with Crippen molar-refractivity contribution >= 4 is 34.0 Å². The molecule has 2 amide bonds. The summed E-state index contributed by atoms with van der Waals surface area (Å²) in [4.78, 5) is 33.4. The zero-order valence-electron chi connectivity index (χ0n) is 15.8. The van der Waals surface area contributed by atoms with Crippen molar-refractivity contribution in [2.75, 3.05) is 23.7 Å². The highest BCUT2D eigenvalue weighted by molar-refractivity contribution is 7.15. The van der Waals surface area contributed by atoms with E-state index in [1.54, 1.807) is 0 Å². The first-order valence-electron chi connectivity index (χ1n) is 10.3. The summed E-state index contributed by atoms with van der Waals surface area (Å²) in [6, 6.07) is 8.32. The maximum absolute atomic E-state index is 13.1. The van der Waals surface area contributed by atoms with Gasteiger partial charge in [-0.3, -0.25) is 9.59 Å². The number of benzene rings is 1. The van der Waals surface area contributed by atoms with E-state index in [9.17, 15) is 9.59 Å². The normalized spacial score (nSPS) is 34.7. The van der Waals surface area contributed by atoms with Crippen molar-refractivity contribution < 1.29 is 9.59 Å². The molecule has 7 nitrogen and oxygen atoms in total. The van der Waals surface area contributed by atoms with E-state index in [0.29, 0.717) is 36.1 Å². The van der Waals surface area contributed by atoms with E-state index in [4.69, 9.17) is 0 Å². The molecule has 2 unspecified atom stereocenters. The van der Waals surface area contributed by atoms with Crippen LogP contribution in [0.2, 0.25) is 0 Å². The van der Waals surface area contributed by atoms with E-state index in [-0.39, 0.29) is 23.3 Å². The lowest BCUT2D eigenvalue weighted by atomic mass is 10.1. The summed E-state index contributed by atoms with van der Waals surface area (Å²) in [7, 11) is 0. The summed E-state index contributed by atoms with van der Waals surface area (Å²) in [5.74, 6) is 1.38. The summed E-state index contributed by atoms with van der Waals surface area (Å²) in [6.07, 6.45) is 1.48. The van der Waals surface area contributed by atoms with Crippen LogP contribution in [-0.2, 0) is 29.0 Å². The maximum Gasteiger partial charge on any atom is 0.245 e. The van der Waals surface area contributed by atoms with Crippen LogP contribution in [0.3, 0.4) is 0 Å². The summed E-state index contributed by atoms with van der Waals surface area (Å²) in [5, 5.41) is 10.5. The van der Waals surface area contributed by atoms with Gasteiger partial charge in [0.2, 0.25) is 11.8 Å². The minimum absolute atomic E-state index is 0.128. The fourth-order valence-corrected chi connectivity index (χ4v) is 6.93. The van der Waals surface area contributed by atoms with Crippen molar-refractivity contribution in [1.29, 1.82) is 0 Å². The third-order valence-electron chi connectivity index (χ3n) is 7.54. The zero-order chi connectivity index (χ0) is 19.3.